The Bertz CT molecular complexity index is 632. The summed E-state index contributed by atoms with van der Waals surface area (Å²) in [6.45, 7) is 8.34. The van der Waals surface area contributed by atoms with Crippen molar-refractivity contribution in [3.05, 3.63) is 32.6 Å². The quantitative estimate of drug-likeness (QED) is 0.848. The molecule has 21 heavy (non-hydrogen) atoms. The Labute approximate surface area is 123 Å². The minimum Gasteiger partial charge on any atom is -0.443 e. The van der Waals surface area contributed by atoms with E-state index < -0.39 is 29.2 Å². The van der Waals surface area contributed by atoms with Gasteiger partial charge in [0, 0.05) is 18.9 Å². The van der Waals surface area contributed by atoms with Crippen LogP contribution in [0.3, 0.4) is 0 Å². The maximum atomic E-state index is 12.4. The molecule has 0 bridgehead atoms. The van der Waals surface area contributed by atoms with Gasteiger partial charge in [-0.25, -0.2) is 9.59 Å². The van der Waals surface area contributed by atoms with E-state index in [0.717, 1.165) is 0 Å². The summed E-state index contributed by atoms with van der Waals surface area (Å²) >= 11 is 0. The second-order valence-electron chi connectivity index (χ2n) is 5.72. The molecule has 0 fully saturated rings. The molecule has 0 radical (unpaired) electrons. The molecule has 7 heteroatoms. The lowest BCUT2D eigenvalue weighted by molar-refractivity contribution is 0.0323. The Morgan fingerprint density at radius 3 is 2.33 bits per heavy atom. The minimum absolute atomic E-state index is 0.260. The van der Waals surface area contributed by atoms with Crippen LogP contribution in [0.1, 0.15) is 45.9 Å². The van der Waals surface area contributed by atoms with Gasteiger partial charge >= 0.3 is 11.8 Å². The number of hydrogen-bond donors (Lipinski definition) is 0. The molecular weight excluding hydrogens is 276 g/mol. The molecular formula is C14H22N2O5. The molecule has 1 rings (SSSR count). The SMILES string of the molecule is CCC(OC)n1cc(C)c(=O)n(C(=O)OC(C)(C)C)c1=O. The Hall–Kier alpha value is -1.89. The number of ether oxygens (including phenoxy) is 2. The van der Waals surface area contributed by atoms with Crippen LogP contribution in [-0.4, -0.2) is 27.9 Å². The molecule has 1 atom stereocenters. The number of aryl methyl sites for hydroxylation is 1. The zero-order valence-corrected chi connectivity index (χ0v) is 13.3. The second-order valence-corrected chi connectivity index (χ2v) is 5.72. The summed E-state index contributed by atoms with van der Waals surface area (Å²) < 4.78 is 12.0. The molecule has 1 heterocycles. The van der Waals surface area contributed by atoms with Crippen molar-refractivity contribution >= 4 is 6.09 Å². The van der Waals surface area contributed by atoms with Crippen LogP contribution in [0.15, 0.2) is 15.8 Å². The Morgan fingerprint density at radius 1 is 1.33 bits per heavy atom. The third-order valence-electron chi connectivity index (χ3n) is 2.79. The van der Waals surface area contributed by atoms with Crippen LogP contribution in [0.2, 0.25) is 0 Å². The molecule has 0 aromatic carbocycles. The van der Waals surface area contributed by atoms with E-state index in [0.29, 0.717) is 11.0 Å². The average molecular weight is 298 g/mol. The number of rotatable bonds is 3. The van der Waals surface area contributed by atoms with Crippen molar-refractivity contribution in [1.82, 2.24) is 9.13 Å². The topological polar surface area (TPSA) is 79.5 Å². The van der Waals surface area contributed by atoms with Crippen molar-refractivity contribution < 1.29 is 14.3 Å². The van der Waals surface area contributed by atoms with Crippen LogP contribution < -0.4 is 11.2 Å². The van der Waals surface area contributed by atoms with E-state index in [2.05, 4.69) is 0 Å². The monoisotopic (exact) mass is 298 g/mol. The fraction of sp³-hybridized carbons (Fsp3) is 0.643. The smallest absolute Gasteiger partial charge is 0.425 e. The normalized spacial score (nSPS) is 13.0. The number of carbonyl (C=O) groups is 1. The van der Waals surface area contributed by atoms with Gasteiger partial charge in [-0.1, -0.05) is 6.92 Å². The number of aromatic nitrogens is 2. The predicted octanol–water partition coefficient (Wildman–Crippen LogP) is 1.66. The van der Waals surface area contributed by atoms with Crippen LogP contribution in [-0.2, 0) is 9.47 Å². The molecule has 0 aliphatic heterocycles. The van der Waals surface area contributed by atoms with Crippen molar-refractivity contribution in [3.63, 3.8) is 0 Å². The summed E-state index contributed by atoms with van der Waals surface area (Å²) in [7, 11) is 1.46. The molecule has 0 aliphatic rings. The van der Waals surface area contributed by atoms with Crippen molar-refractivity contribution in [2.75, 3.05) is 7.11 Å². The fourth-order valence-corrected chi connectivity index (χ4v) is 1.85. The third-order valence-corrected chi connectivity index (χ3v) is 2.79. The van der Waals surface area contributed by atoms with E-state index in [4.69, 9.17) is 9.47 Å². The molecule has 0 saturated heterocycles. The summed E-state index contributed by atoms with van der Waals surface area (Å²) in [4.78, 5) is 36.5. The lowest BCUT2D eigenvalue weighted by Crippen LogP contribution is -2.47. The number of carbonyl (C=O) groups excluding carboxylic acids is 1. The molecule has 0 amide bonds. The minimum atomic E-state index is -0.985. The van der Waals surface area contributed by atoms with E-state index in [9.17, 15) is 14.4 Å². The van der Waals surface area contributed by atoms with Crippen LogP contribution in [0.4, 0.5) is 4.79 Å². The molecule has 0 aliphatic carbocycles. The van der Waals surface area contributed by atoms with E-state index in [-0.39, 0.29) is 5.56 Å². The Morgan fingerprint density at radius 2 is 1.90 bits per heavy atom. The highest BCUT2D eigenvalue weighted by Crippen LogP contribution is 2.10. The summed E-state index contributed by atoms with van der Waals surface area (Å²) in [6, 6.07) is 0. The zero-order valence-electron chi connectivity index (χ0n) is 13.3. The van der Waals surface area contributed by atoms with Gasteiger partial charge < -0.3 is 9.47 Å². The van der Waals surface area contributed by atoms with Gasteiger partial charge in [0.1, 0.15) is 11.8 Å². The van der Waals surface area contributed by atoms with E-state index >= 15 is 0 Å². The highest BCUT2D eigenvalue weighted by atomic mass is 16.6. The van der Waals surface area contributed by atoms with E-state index in [1.54, 1.807) is 20.8 Å². The van der Waals surface area contributed by atoms with Gasteiger partial charge in [0.15, 0.2) is 0 Å². The first kappa shape index (κ1) is 17.2. The zero-order chi connectivity index (χ0) is 16.4. The van der Waals surface area contributed by atoms with Crippen LogP contribution >= 0.6 is 0 Å². The molecule has 0 spiro atoms. The standard InChI is InChI=1S/C14H22N2O5/c1-7-10(20-6)15-8-9(2)11(17)16(12(15)18)13(19)21-14(3,4)5/h8,10H,7H2,1-6H3. The highest BCUT2D eigenvalue weighted by Gasteiger charge is 2.24. The highest BCUT2D eigenvalue weighted by molar-refractivity contribution is 5.70. The molecule has 0 N–H and O–H groups in total. The largest absolute Gasteiger partial charge is 0.443 e. The van der Waals surface area contributed by atoms with Gasteiger partial charge in [-0.3, -0.25) is 9.36 Å². The lowest BCUT2D eigenvalue weighted by atomic mass is 10.2. The van der Waals surface area contributed by atoms with Crippen LogP contribution in [0, 0.1) is 6.92 Å². The first-order valence-electron chi connectivity index (χ1n) is 6.73. The molecule has 1 aromatic rings. The van der Waals surface area contributed by atoms with Gasteiger partial charge in [0.2, 0.25) is 0 Å². The molecule has 7 nitrogen and oxygen atoms in total. The molecule has 1 aromatic heterocycles. The van der Waals surface area contributed by atoms with Gasteiger partial charge in [-0.2, -0.15) is 4.57 Å². The molecule has 1 unspecified atom stereocenters. The third kappa shape index (κ3) is 3.81. The van der Waals surface area contributed by atoms with Crippen LogP contribution in [0.25, 0.3) is 0 Å². The summed E-state index contributed by atoms with van der Waals surface area (Å²) in [5.41, 5.74) is -2.00. The maximum Gasteiger partial charge on any atom is 0.425 e. The Kier molecular flexibility index (Phi) is 5.11. The van der Waals surface area contributed by atoms with E-state index in [1.807, 2.05) is 6.92 Å². The summed E-state index contributed by atoms with van der Waals surface area (Å²) in [5.74, 6) is 0. The van der Waals surface area contributed by atoms with Crippen molar-refractivity contribution in [1.29, 1.82) is 0 Å². The Balaban J connectivity index is 3.49. The summed E-state index contributed by atoms with van der Waals surface area (Å²) in [6.07, 6.45) is 0.373. The number of methoxy groups -OCH3 is 1. The fourth-order valence-electron chi connectivity index (χ4n) is 1.85. The van der Waals surface area contributed by atoms with Gasteiger partial charge in [0.25, 0.3) is 5.56 Å². The van der Waals surface area contributed by atoms with Gasteiger partial charge in [-0.05, 0) is 34.1 Å². The van der Waals surface area contributed by atoms with Gasteiger partial charge in [-0.15, -0.1) is 0 Å². The maximum absolute atomic E-state index is 12.4. The first-order valence-corrected chi connectivity index (χ1v) is 6.73. The average Bonchev–Trinajstić information content (AvgIpc) is 2.35. The lowest BCUT2D eigenvalue weighted by Gasteiger charge is -2.21. The second kappa shape index (κ2) is 6.26. The van der Waals surface area contributed by atoms with Crippen molar-refractivity contribution in [2.24, 2.45) is 0 Å². The van der Waals surface area contributed by atoms with Gasteiger partial charge in [0.05, 0.1) is 0 Å². The predicted molar refractivity (Wildman–Crippen MR) is 77.7 cm³/mol. The molecule has 118 valence electrons. The first-order chi connectivity index (χ1) is 9.62. The molecule has 0 saturated carbocycles. The number of hydrogen-bond acceptors (Lipinski definition) is 5. The van der Waals surface area contributed by atoms with E-state index in [1.165, 1.54) is 24.8 Å². The summed E-state index contributed by atoms with van der Waals surface area (Å²) in [5, 5.41) is 0. The van der Waals surface area contributed by atoms with Crippen LogP contribution in [0.5, 0.6) is 0 Å². The van der Waals surface area contributed by atoms with Crippen molar-refractivity contribution in [3.8, 4) is 0 Å². The number of nitrogens with zero attached hydrogens (tertiary/aromatic N) is 2. The van der Waals surface area contributed by atoms with Crippen molar-refractivity contribution in [2.45, 2.75) is 52.9 Å².